The van der Waals surface area contributed by atoms with Crippen molar-refractivity contribution >= 4 is 28.2 Å². The topological polar surface area (TPSA) is 83.3 Å². The molecule has 6 nitrogen and oxygen atoms in total. The van der Waals surface area contributed by atoms with E-state index in [1.807, 2.05) is 0 Å². The monoisotopic (exact) mass is 295 g/mol. The fraction of sp³-hybridized carbons (Fsp3) is 0.692. The third-order valence-electron chi connectivity index (χ3n) is 3.72. The van der Waals surface area contributed by atoms with Crippen molar-refractivity contribution in [2.45, 2.75) is 37.8 Å². The summed E-state index contributed by atoms with van der Waals surface area (Å²) in [6, 6.07) is 0.728. The van der Waals surface area contributed by atoms with Crippen LogP contribution in [0.4, 0.5) is 10.9 Å². The van der Waals surface area contributed by atoms with Gasteiger partial charge in [-0.1, -0.05) is 11.3 Å². The van der Waals surface area contributed by atoms with E-state index in [2.05, 4.69) is 27.6 Å². The van der Waals surface area contributed by atoms with Gasteiger partial charge in [0.2, 0.25) is 0 Å². The average molecular weight is 295 g/mol. The van der Waals surface area contributed by atoms with E-state index in [1.54, 1.807) is 0 Å². The van der Waals surface area contributed by atoms with Gasteiger partial charge in [-0.25, -0.2) is 4.98 Å². The summed E-state index contributed by atoms with van der Waals surface area (Å²) < 4.78 is 0. The van der Waals surface area contributed by atoms with Crippen molar-refractivity contribution < 1.29 is 4.79 Å². The zero-order chi connectivity index (χ0) is 14.1. The molecule has 1 aliphatic carbocycles. The van der Waals surface area contributed by atoms with Crippen molar-refractivity contribution in [3.63, 3.8) is 0 Å². The lowest BCUT2D eigenvalue weighted by Gasteiger charge is -2.30. The maximum Gasteiger partial charge on any atom is 0.265 e. The van der Waals surface area contributed by atoms with E-state index in [4.69, 9.17) is 5.73 Å². The van der Waals surface area contributed by atoms with Crippen LogP contribution in [0.1, 0.15) is 35.4 Å². The standard InChI is InChI=1S/C13H21N5OS/c1-18-6-2-3-9(7-18)15-12(19)10-11(14)17-13(20-10)16-8-4-5-8/h8-9H,2-7,14H2,1H3,(H,15,19)(H,16,17). The molecule has 1 saturated heterocycles. The number of nitrogens with zero attached hydrogens (tertiary/aromatic N) is 2. The van der Waals surface area contributed by atoms with Crippen LogP contribution in [0, 0.1) is 0 Å². The Morgan fingerprint density at radius 2 is 2.20 bits per heavy atom. The predicted molar refractivity (Wildman–Crippen MR) is 81.2 cm³/mol. The van der Waals surface area contributed by atoms with Gasteiger partial charge in [0.15, 0.2) is 5.13 Å². The summed E-state index contributed by atoms with van der Waals surface area (Å²) in [5, 5.41) is 7.11. The molecule has 2 fully saturated rings. The van der Waals surface area contributed by atoms with Gasteiger partial charge in [0.1, 0.15) is 10.7 Å². The molecule has 2 aliphatic rings. The van der Waals surface area contributed by atoms with Crippen LogP contribution in [0.25, 0.3) is 0 Å². The molecule has 1 aromatic rings. The van der Waals surface area contributed by atoms with E-state index in [0.717, 1.165) is 31.1 Å². The van der Waals surface area contributed by atoms with Crippen LogP contribution in [0.3, 0.4) is 0 Å². The molecular weight excluding hydrogens is 274 g/mol. The first-order valence-electron chi connectivity index (χ1n) is 7.14. The number of likely N-dealkylation sites (tertiary alicyclic amines) is 1. The number of carbonyl (C=O) groups is 1. The van der Waals surface area contributed by atoms with Crippen molar-refractivity contribution in [3.05, 3.63) is 4.88 Å². The number of amides is 1. The summed E-state index contributed by atoms with van der Waals surface area (Å²) in [4.78, 5) is 19.3. The second-order valence-electron chi connectivity index (χ2n) is 5.73. The molecule has 110 valence electrons. The van der Waals surface area contributed by atoms with Crippen molar-refractivity contribution in [2.75, 3.05) is 31.2 Å². The first-order valence-corrected chi connectivity index (χ1v) is 7.95. The van der Waals surface area contributed by atoms with E-state index in [0.29, 0.717) is 16.7 Å². The molecule has 0 spiro atoms. The number of carbonyl (C=O) groups excluding carboxylic acids is 1. The molecule has 0 aromatic carbocycles. The third kappa shape index (κ3) is 3.21. The van der Waals surface area contributed by atoms with E-state index >= 15 is 0 Å². The molecule has 4 N–H and O–H groups in total. The molecule has 2 heterocycles. The first kappa shape index (κ1) is 13.6. The van der Waals surface area contributed by atoms with Crippen LogP contribution in [-0.4, -0.2) is 48.0 Å². The number of hydrogen-bond acceptors (Lipinski definition) is 6. The van der Waals surface area contributed by atoms with Crippen LogP contribution in [0.15, 0.2) is 0 Å². The summed E-state index contributed by atoms with van der Waals surface area (Å²) in [5.74, 6) is 0.240. The van der Waals surface area contributed by atoms with Crippen molar-refractivity contribution in [1.82, 2.24) is 15.2 Å². The first-order chi connectivity index (χ1) is 9.61. The molecule has 1 amide bonds. The normalized spacial score (nSPS) is 23.6. The number of nitrogens with two attached hydrogens (primary N) is 1. The van der Waals surface area contributed by atoms with Gasteiger partial charge in [-0.05, 0) is 39.3 Å². The largest absolute Gasteiger partial charge is 0.382 e. The molecule has 1 unspecified atom stereocenters. The molecule has 1 aliphatic heterocycles. The lowest BCUT2D eigenvalue weighted by atomic mass is 10.1. The van der Waals surface area contributed by atoms with Gasteiger partial charge in [-0.2, -0.15) is 0 Å². The molecule has 1 saturated carbocycles. The van der Waals surface area contributed by atoms with Crippen LogP contribution in [-0.2, 0) is 0 Å². The van der Waals surface area contributed by atoms with E-state index in [9.17, 15) is 4.79 Å². The summed E-state index contributed by atoms with van der Waals surface area (Å²) in [5.41, 5.74) is 5.86. The van der Waals surface area contributed by atoms with Gasteiger partial charge in [0.05, 0.1) is 0 Å². The summed E-state index contributed by atoms with van der Waals surface area (Å²) in [7, 11) is 2.08. The molecule has 0 radical (unpaired) electrons. The fourth-order valence-electron chi connectivity index (χ4n) is 2.49. The fourth-order valence-corrected chi connectivity index (χ4v) is 3.36. The maximum atomic E-state index is 12.3. The number of nitrogens with one attached hydrogen (secondary N) is 2. The molecule has 1 aromatic heterocycles. The van der Waals surface area contributed by atoms with E-state index in [-0.39, 0.29) is 11.9 Å². The molecular formula is C13H21N5OS. The van der Waals surface area contributed by atoms with Crippen molar-refractivity contribution in [2.24, 2.45) is 0 Å². The second kappa shape index (κ2) is 5.57. The Kier molecular flexibility index (Phi) is 3.80. The number of thiazole rings is 1. The number of rotatable bonds is 4. The maximum absolute atomic E-state index is 12.3. The highest BCUT2D eigenvalue weighted by atomic mass is 32.1. The van der Waals surface area contributed by atoms with Crippen LogP contribution in [0.2, 0.25) is 0 Å². The Balaban J connectivity index is 1.62. The van der Waals surface area contributed by atoms with E-state index < -0.39 is 0 Å². The molecule has 0 bridgehead atoms. The van der Waals surface area contributed by atoms with E-state index in [1.165, 1.54) is 24.2 Å². The van der Waals surface area contributed by atoms with Gasteiger partial charge in [0.25, 0.3) is 5.91 Å². The van der Waals surface area contributed by atoms with Crippen molar-refractivity contribution in [1.29, 1.82) is 0 Å². The van der Waals surface area contributed by atoms with Crippen LogP contribution < -0.4 is 16.4 Å². The zero-order valence-electron chi connectivity index (χ0n) is 11.7. The van der Waals surface area contributed by atoms with Gasteiger partial charge in [-0.3, -0.25) is 4.79 Å². The Labute approximate surface area is 122 Å². The average Bonchev–Trinajstić information content (AvgIpc) is 3.11. The number of hydrogen-bond donors (Lipinski definition) is 3. The van der Waals surface area contributed by atoms with Gasteiger partial charge in [-0.15, -0.1) is 0 Å². The minimum atomic E-state index is -0.0934. The van der Waals surface area contributed by atoms with Crippen molar-refractivity contribution in [3.8, 4) is 0 Å². The highest BCUT2D eigenvalue weighted by Gasteiger charge is 2.25. The smallest absolute Gasteiger partial charge is 0.265 e. The number of anilines is 2. The molecule has 1 atom stereocenters. The number of piperidine rings is 1. The van der Waals surface area contributed by atoms with Crippen LogP contribution in [0.5, 0.6) is 0 Å². The quantitative estimate of drug-likeness (QED) is 0.775. The SMILES string of the molecule is CN1CCCC(NC(=O)c2sc(NC3CC3)nc2N)C1. The van der Waals surface area contributed by atoms with Gasteiger partial charge < -0.3 is 21.3 Å². The Bertz CT molecular complexity index is 499. The second-order valence-corrected chi connectivity index (χ2v) is 6.73. The predicted octanol–water partition coefficient (Wildman–Crippen LogP) is 1.12. The summed E-state index contributed by atoms with van der Waals surface area (Å²) in [6.07, 6.45) is 4.50. The number of aromatic nitrogens is 1. The van der Waals surface area contributed by atoms with Gasteiger partial charge in [0, 0.05) is 18.6 Å². The Morgan fingerprint density at radius 3 is 2.90 bits per heavy atom. The summed E-state index contributed by atoms with van der Waals surface area (Å²) >= 11 is 1.35. The molecule has 7 heteroatoms. The lowest BCUT2D eigenvalue weighted by Crippen LogP contribution is -2.46. The highest BCUT2D eigenvalue weighted by Crippen LogP contribution is 2.30. The minimum Gasteiger partial charge on any atom is -0.382 e. The third-order valence-corrected chi connectivity index (χ3v) is 4.73. The molecule has 3 rings (SSSR count). The Morgan fingerprint density at radius 1 is 1.40 bits per heavy atom. The van der Waals surface area contributed by atoms with Crippen LogP contribution >= 0.6 is 11.3 Å². The minimum absolute atomic E-state index is 0.0934. The van der Waals surface area contributed by atoms with Gasteiger partial charge >= 0.3 is 0 Å². The number of likely N-dealkylation sites (N-methyl/N-ethyl adjacent to an activating group) is 1. The highest BCUT2D eigenvalue weighted by molar-refractivity contribution is 7.18. The lowest BCUT2D eigenvalue weighted by molar-refractivity contribution is 0.0917. The number of nitrogen functional groups attached to an aromatic ring is 1. The summed E-state index contributed by atoms with van der Waals surface area (Å²) in [6.45, 7) is 2.00. The zero-order valence-corrected chi connectivity index (χ0v) is 12.5. The molecule has 20 heavy (non-hydrogen) atoms. The Hall–Kier alpha value is -1.34.